The molecule has 27 heavy (non-hydrogen) atoms. The zero-order valence-corrected chi connectivity index (χ0v) is 16.8. The Hall–Kier alpha value is -1.85. The van der Waals surface area contributed by atoms with Crippen molar-refractivity contribution < 1.29 is 9.32 Å². The number of amides is 1. The van der Waals surface area contributed by atoms with E-state index in [4.69, 9.17) is 4.52 Å². The van der Waals surface area contributed by atoms with Gasteiger partial charge >= 0.3 is 0 Å². The van der Waals surface area contributed by atoms with E-state index in [1.54, 1.807) is 0 Å². The third kappa shape index (κ3) is 6.36. The highest BCUT2D eigenvalue weighted by molar-refractivity contribution is 5.85. The smallest absolute Gasteiger partial charge is 0.225 e. The second kappa shape index (κ2) is 11.1. The maximum atomic E-state index is 12.4. The number of hydrogen-bond acceptors (Lipinski definition) is 4. The minimum absolute atomic E-state index is 0. The van der Waals surface area contributed by atoms with Crippen molar-refractivity contribution in [2.75, 3.05) is 26.7 Å². The van der Waals surface area contributed by atoms with Gasteiger partial charge in [-0.25, -0.2) is 0 Å². The standard InChI is InChI=1S/C21H29N3O2.ClH/c1-24(21(25)18-11-13-22-14-12-18)15-7-3-6-10-19-16-20(23-26-19)17-8-4-2-5-9-17;/h2,4-5,8-9,16,18,22H,3,6-7,10-15H2,1H3;1H. The van der Waals surface area contributed by atoms with Crippen LogP contribution < -0.4 is 5.32 Å². The summed E-state index contributed by atoms with van der Waals surface area (Å²) < 4.78 is 5.44. The van der Waals surface area contributed by atoms with Crippen LogP contribution in [0.5, 0.6) is 0 Å². The average Bonchev–Trinajstić information content (AvgIpc) is 3.17. The molecule has 1 aliphatic heterocycles. The summed E-state index contributed by atoms with van der Waals surface area (Å²) in [6.45, 7) is 2.77. The fraction of sp³-hybridized carbons (Fsp3) is 0.524. The van der Waals surface area contributed by atoms with Crippen LogP contribution >= 0.6 is 12.4 Å². The van der Waals surface area contributed by atoms with E-state index in [2.05, 4.69) is 10.5 Å². The van der Waals surface area contributed by atoms with Gasteiger partial charge in [0.2, 0.25) is 5.91 Å². The molecule has 0 spiro atoms. The summed E-state index contributed by atoms with van der Waals surface area (Å²) in [5.41, 5.74) is 1.98. The number of carbonyl (C=O) groups is 1. The van der Waals surface area contributed by atoms with Gasteiger partial charge < -0.3 is 14.7 Å². The number of nitrogens with zero attached hydrogens (tertiary/aromatic N) is 2. The quantitative estimate of drug-likeness (QED) is 0.692. The van der Waals surface area contributed by atoms with E-state index in [1.165, 1.54) is 0 Å². The first-order chi connectivity index (χ1) is 12.7. The van der Waals surface area contributed by atoms with Gasteiger partial charge in [-0.2, -0.15) is 0 Å². The Morgan fingerprint density at radius 3 is 2.67 bits per heavy atom. The molecule has 1 amide bonds. The van der Waals surface area contributed by atoms with Crippen LogP contribution in [-0.2, 0) is 11.2 Å². The zero-order chi connectivity index (χ0) is 18.2. The molecular formula is C21H30ClN3O2. The lowest BCUT2D eigenvalue weighted by Gasteiger charge is -2.26. The third-order valence-electron chi connectivity index (χ3n) is 5.11. The number of unbranched alkanes of at least 4 members (excludes halogenated alkanes) is 2. The summed E-state index contributed by atoms with van der Waals surface area (Å²) in [5, 5.41) is 7.47. The summed E-state index contributed by atoms with van der Waals surface area (Å²) in [5.74, 6) is 1.46. The van der Waals surface area contributed by atoms with Crippen molar-refractivity contribution in [3.8, 4) is 11.3 Å². The number of benzene rings is 1. The van der Waals surface area contributed by atoms with E-state index in [0.717, 1.165) is 75.2 Å². The molecule has 0 aliphatic carbocycles. The minimum atomic E-state index is 0. The molecule has 2 heterocycles. The molecule has 1 fully saturated rings. The molecule has 0 bridgehead atoms. The summed E-state index contributed by atoms with van der Waals surface area (Å²) in [6.07, 6.45) is 6.01. The van der Waals surface area contributed by atoms with Crippen LogP contribution in [0.1, 0.15) is 37.9 Å². The summed E-state index contributed by atoms with van der Waals surface area (Å²) in [6, 6.07) is 12.1. The number of aryl methyl sites for hydroxylation is 1. The predicted octanol–water partition coefficient (Wildman–Crippen LogP) is 3.93. The highest BCUT2D eigenvalue weighted by Gasteiger charge is 2.23. The molecule has 148 valence electrons. The van der Waals surface area contributed by atoms with E-state index >= 15 is 0 Å². The Balaban J connectivity index is 0.00000261. The number of aromatic nitrogens is 1. The fourth-order valence-electron chi connectivity index (χ4n) is 3.49. The molecule has 0 saturated carbocycles. The lowest BCUT2D eigenvalue weighted by atomic mass is 9.96. The molecule has 0 radical (unpaired) electrons. The van der Waals surface area contributed by atoms with E-state index < -0.39 is 0 Å². The second-order valence-corrected chi connectivity index (χ2v) is 7.14. The van der Waals surface area contributed by atoms with Gasteiger partial charge in [-0.05, 0) is 38.8 Å². The van der Waals surface area contributed by atoms with Crippen molar-refractivity contribution in [2.45, 2.75) is 38.5 Å². The maximum Gasteiger partial charge on any atom is 0.225 e. The Bertz CT molecular complexity index is 684. The van der Waals surface area contributed by atoms with Crippen LogP contribution in [0.3, 0.4) is 0 Å². The highest BCUT2D eigenvalue weighted by atomic mass is 35.5. The van der Waals surface area contributed by atoms with Crippen LogP contribution in [0.25, 0.3) is 11.3 Å². The first-order valence-corrected chi connectivity index (χ1v) is 9.71. The van der Waals surface area contributed by atoms with Crippen LogP contribution in [0.15, 0.2) is 40.9 Å². The van der Waals surface area contributed by atoms with Gasteiger partial charge in [0.1, 0.15) is 11.5 Å². The van der Waals surface area contributed by atoms with E-state index in [-0.39, 0.29) is 18.3 Å². The van der Waals surface area contributed by atoms with Gasteiger partial charge in [-0.15, -0.1) is 12.4 Å². The molecule has 0 atom stereocenters. The maximum absolute atomic E-state index is 12.4. The first-order valence-electron chi connectivity index (χ1n) is 9.71. The molecule has 1 saturated heterocycles. The summed E-state index contributed by atoms with van der Waals surface area (Å²) in [7, 11) is 1.94. The molecule has 6 heteroatoms. The Kier molecular flexibility index (Phi) is 8.82. The van der Waals surface area contributed by atoms with Gasteiger partial charge in [0.15, 0.2) is 0 Å². The Labute approximate surface area is 167 Å². The number of carbonyl (C=O) groups excluding carboxylic acids is 1. The first kappa shape index (κ1) is 21.5. The fourth-order valence-corrected chi connectivity index (χ4v) is 3.49. The molecule has 1 aromatic carbocycles. The van der Waals surface area contributed by atoms with Crippen molar-refractivity contribution in [1.82, 2.24) is 15.4 Å². The van der Waals surface area contributed by atoms with Crippen molar-refractivity contribution in [3.63, 3.8) is 0 Å². The summed E-state index contributed by atoms with van der Waals surface area (Å²) in [4.78, 5) is 14.3. The average molecular weight is 392 g/mol. The SMILES string of the molecule is CN(CCCCCc1cc(-c2ccccc2)no1)C(=O)C1CCNCC1.Cl. The summed E-state index contributed by atoms with van der Waals surface area (Å²) >= 11 is 0. The Morgan fingerprint density at radius 2 is 1.93 bits per heavy atom. The van der Waals surface area contributed by atoms with Crippen molar-refractivity contribution in [3.05, 3.63) is 42.2 Å². The van der Waals surface area contributed by atoms with E-state index in [0.29, 0.717) is 5.91 Å². The van der Waals surface area contributed by atoms with Gasteiger partial charge in [-0.1, -0.05) is 41.9 Å². The van der Waals surface area contributed by atoms with Gasteiger partial charge in [0.05, 0.1) is 0 Å². The van der Waals surface area contributed by atoms with Crippen molar-refractivity contribution >= 4 is 18.3 Å². The number of piperidine rings is 1. The largest absolute Gasteiger partial charge is 0.361 e. The third-order valence-corrected chi connectivity index (χ3v) is 5.11. The van der Waals surface area contributed by atoms with Crippen LogP contribution in [-0.4, -0.2) is 42.6 Å². The number of nitrogens with one attached hydrogen (secondary N) is 1. The molecule has 1 aromatic heterocycles. The Morgan fingerprint density at radius 1 is 1.19 bits per heavy atom. The molecule has 3 rings (SSSR count). The zero-order valence-electron chi connectivity index (χ0n) is 16.0. The van der Waals surface area contributed by atoms with Crippen LogP contribution in [0.2, 0.25) is 0 Å². The monoisotopic (exact) mass is 391 g/mol. The predicted molar refractivity (Wildman–Crippen MR) is 110 cm³/mol. The number of halogens is 1. The van der Waals surface area contributed by atoms with Gasteiger partial charge in [0.25, 0.3) is 0 Å². The molecule has 0 unspecified atom stereocenters. The van der Waals surface area contributed by atoms with Crippen molar-refractivity contribution in [1.29, 1.82) is 0 Å². The van der Waals surface area contributed by atoms with E-state index in [1.807, 2.05) is 48.3 Å². The number of rotatable bonds is 8. The van der Waals surface area contributed by atoms with Crippen LogP contribution in [0.4, 0.5) is 0 Å². The molecule has 1 N–H and O–H groups in total. The van der Waals surface area contributed by atoms with Crippen molar-refractivity contribution in [2.24, 2.45) is 5.92 Å². The van der Waals surface area contributed by atoms with Gasteiger partial charge in [0, 0.05) is 37.6 Å². The minimum Gasteiger partial charge on any atom is -0.361 e. The van der Waals surface area contributed by atoms with Crippen LogP contribution in [0, 0.1) is 5.92 Å². The highest BCUT2D eigenvalue weighted by Crippen LogP contribution is 2.20. The van der Waals surface area contributed by atoms with Gasteiger partial charge in [-0.3, -0.25) is 4.79 Å². The normalized spacial score (nSPS) is 14.6. The second-order valence-electron chi connectivity index (χ2n) is 7.14. The molecule has 2 aromatic rings. The van der Waals surface area contributed by atoms with E-state index in [9.17, 15) is 4.79 Å². The lowest BCUT2D eigenvalue weighted by molar-refractivity contribution is -0.135. The lowest BCUT2D eigenvalue weighted by Crippen LogP contribution is -2.39. The topological polar surface area (TPSA) is 58.4 Å². The molecule has 1 aliphatic rings. The molecule has 5 nitrogen and oxygen atoms in total. The molecular weight excluding hydrogens is 362 g/mol. The number of hydrogen-bond donors (Lipinski definition) is 1.